The van der Waals surface area contributed by atoms with Crippen molar-refractivity contribution in [1.82, 2.24) is 24.3 Å². The summed E-state index contributed by atoms with van der Waals surface area (Å²) in [6, 6.07) is 9.09. The molecule has 5 rings (SSSR count). The van der Waals surface area contributed by atoms with E-state index in [-0.39, 0.29) is 0 Å². The standard InChI is InChI=1S/C14H14N4.C8H10N2/c1-15-14-6-12-5-10(3-4-11(12)7-17-14)13-8-16-9-18(13)2;1-2-7-5-9-10(6-7)8-3-4-8/h3-9H,1-2H3,(H,15,17);2,5-6,8H,1,3-4H2. The van der Waals surface area contributed by atoms with Crippen molar-refractivity contribution in [2.75, 3.05) is 12.4 Å². The third-order valence-corrected chi connectivity index (χ3v) is 4.87. The first-order valence-corrected chi connectivity index (χ1v) is 9.39. The van der Waals surface area contributed by atoms with Crippen molar-refractivity contribution in [3.8, 4) is 11.3 Å². The lowest BCUT2D eigenvalue weighted by Gasteiger charge is -2.06. The van der Waals surface area contributed by atoms with Crippen LogP contribution in [0.3, 0.4) is 0 Å². The zero-order valence-electron chi connectivity index (χ0n) is 16.2. The van der Waals surface area contributed by atoms with E-state index < -0.39 is 0 Å². The molecule has 142 valence electrons. The van der Waals surface area contributed by atoms with Gasteiger partial charge < -0.3 is 9.88 Å². The lowest BCUT2D eigenvalue weighted by Crippen LogP contribution is -1.92. The van der Waals surface area contributed by atoms with E-state index in [0.29, 0.717) is 6.04 Å². The van der Waals surface area contributed by atoms with Gasteiger partial charge in [-0.3, -0.25) is 4.68 Å². The van der Waals surface area contributed by atoms with Crippen molar-refractivity contribution in [3.05, 3.63) is 67.5 Å². The summed E-state index contributed by atoms with van der Waals surface area (Å²) in [5.74, 6) is 0.879. The van der Waals surface area contributed by atoms with Crippen LogP contribution in [0.25, 0.3) is 28.1 Å². The number of benzene rings is 1. The van der Waals surface area contributed by atoms with Gasteiger partial charge in [-0.2, -0.15) is 5.10 Å². The average Bonchev–Trinajstić information content (AvgIpc) is 3.31. The van der Waals surface area contributed by atoms with E-state index in [1.165, 1.54) is 18.2 Å². The summed E-state index contributed by atoms with van der Waals surface area (Å²) in [5.41, 5.74) is 3.39. The van der Waals surface area contributed by atoms with E-state index in [1.54, 1.807) is 0 Å². The molecule has 1 N–H and O–H groups in total. The van der Waals surface area contributed by atoms with Crippen LogP contribution < -0.4 is 5.32 Å². The Balaban J connectivity index is 0.000000162. The number of pyridine rings is 1. The summed E-state index contributed by atoms with van der Waals surface area (Å²) in [6.45, 7) is 3.67. The second-order valence-corrected chi connectivity index (χ2v) is 6.96. The molecule has 1 aliphatic rings. The summed E-state index contributed by atoms with van der Waals surface area (Å²) in [7, 11) is 3.87. The zero-order chi connectivity index (χ0) is 19.5. The number of nitrogens with one attached hydrogen (secondary N) is 1. The lowest BCUT2D eigenvalue weighted by atomic mass is 10.1. The van der Waals surface area contributed by atoms with Crippen LogP contribution in [0.15, 0.2) is 62.0 Å². The van der Waals surface area contributed by atoms with Crippen LogP contribution in [-0.4, -0.2) is 31.4 Å². The summed E-state index contributed by atoms with van der Waals surface area (Å²) in [6.07, 6.45) is 13.9. The minimum absolute atomic E-state index is 0.689. The molecule has 4 aromatic rings. The van der Waals surface area contributed by atoms with Gasteiger partial charge in [-0.15, -0.1) is 0 Å². The lowest BCUT2D eigenvalue weighted by molar-refractivity contribution is 0.641. The molecule has 0 radical (unpaired) electrons. The number of anilines is 1. The van der Waals surface area contributed by atoms with Crippen molar-refractivity contribution in [2.24, 2.45) is 7.05 Å². The van der Waals surface area contributed by atoms with E-state index in [9.17, 15) is 0 Å². The normalized spacial score (nSPS) is 13.1. The maximum Gasteiger partial charge on any atom is 0.126 e. The van der Waals surface area contributed by atoms with Gasteiger partial charge in [-0.25, -0.2) is 9.97 Å². The molecule has 0 bridgehead atoms. The van der Waals surface area contributed by atoms with Crippen LogP contribution in [0.1, 0.15) is 24.4 Å². The van der Waals surface area contributed by atoms with Crippen LogP contribution in [0.2, 0.25) is 0 Å². The predicted molar refractivity (Wildman–Crippen MR) is 114 cm³/mol. The maximum atomic E-state index is 4.31. The van der Waals surface area contributed by atoms with Gasteiger partial charge in [0, 0.05) is 43.0 Å². The first-order valence-electron chi connectivity index (χ1n) is 9.39. The third kappa shape index (κ3) is 3.81. The summed E-state index contributed by atoms with van der Waals surface area (Å²) in [5, 5.41) is 9.56. The number of rotatable bonds is 4. The fourth-order valence-corrected chi connectivity index (χ4v) is 3.07. The SMILES string of the molecule is C=Cc1cnn(C2CC2)c1.CNc1cc2cc(-c3cncn3C)ccc2cn1. The Labute approximate surface area is 164 Å². The molecule has 0 amide bonds. The quantitative estimate of drug-likeness (QED) is 0.571. The van der Waals surface area contributed by atoms with Crippen molar-refractivity contribution >= 4 is 22.7 Å². The zero-order valence-corrected chi connectivity index (χ0v) is 16.2. The van der Waals surface area contributed by atoms with E-state index in [1.807, 2.05) is 60.5 Å². The Bertz CT molecular complexity index is 1100. The Morgan fingerprint density at radius 3 is 2.64 bits per heavy atom. The van der Waals surface area contributed by atoms with Gasteiger partial charge >= 0.3 is 0 Å². The minimum Gasteiger partial charge on any atom is -0.373 e. The van der Waals surface area contributed by atoms with Crippen LogP contribution in [0.5, 0.6) is 0 Å². The summed E-state index contributed by atoms with van der Waals surface area (Å²) >= 11 is 0. The number of hydrogen-bond donors (Lipinski definition) is 1. The van der Waals surface area contributed by atoms with Crippen LogP contribution in [-0.2, 0) is 7.05 Å². The smallest absolute Gasteiger partial charge is 0.126 e. The summed E-state index contributed by atoms with van der Waals surface area (Å²) < 4.78 is 4.04. The van der Waals surface area contributed by atoms with E-state index in [4.69, 9.17) is 0 Å². The Hall–Kier alpha value is -3.41. The molecule has 6 heteroatoms. The molecule has 1 saturated carbocycles. The summed E-state index contributed by atoms with van der Waals surface area (Å²) in [4.78, 5) is 8.46. The molecule has 1 fully saturated rings. The molecule has 3 aromatic heterocycles. The Kier molecular flexibility index (Phi) is 4.93. The Morgan fingerprint density at radius 1 is 1.14 bits per heavy atom. The minimum atomic E-state index is 0.689. The number of imidazole rings is 1. The molecule has 1 aromatic carbocycles. The predicted octanol–water partition coefficient (Wildman–Crippen LogP) is 4.54. The highest BCUT2D eigenvalue weighted by Gasteiger charge is 2.23. The third-order valence-electron chi connectivity index (χ3n) is 4.87. The fourth-order valence-electron chi connectivity index (χ4n) is 3.07. The molecular weight excluding hydrogens is 348 g/mol. The van der Waals surface area contributed by atoms with E-state index >= 15 is 0 Å². The van der Waals surface area contributed by atoms with Crippen molar-refractivity contribution in [2.45, 2.75) is 18.9 Å². The van der Waals surface area contributed by atoms with Gasteiger partial charge in [0.05, 0.1) is 30.5 Å². The monoisotopic (exact) mass is 372 g/mol. The molecule has 0 atom stereocenters. The molecule has 6 nitrogen and oxygen atoms in total. The number of fused-ring (bicyclic) bond motifs is 1. The largest absolute Gasteiger partial charge is 0.373 e. The molecule has 3 heterocycles. The fraction of sp³-hybridized carbons (Fsp3) is 0.227. The molecule has 0 spiro atoms. The molecular formula is C22H24N6. The molecule has 28 heavy (non-hydrogen) atoms. The number of nitrogens with zero attached hydrogens (tertiary/aromatic N) is 5. The van der Waals surface area contributed by atoms with Gasteiger partial charge in [-0.05, 0) is 30.4 Å². The van der Waals surface area contributed by atoms with Crippen LogP contribution in [0.4, 0.5) is 5.82 Å². The second kappa shape index (κ2) is 7.68. The van der Waals surface area contributed by atoms with Gasteiger partial charge in [0.2, 0.25) is 0 Å². The van der Waals surface area contributed by atoms with Crippen LogP contribution in [0, 0.1) is 0 Å². The van der Waals surface area contributed by atoms with E-state index in [2.05, 4.69) is 51.2 Å². The number of aryl methyl sites for hydroxylation is 1. The number of hydrogen-bond acceptors (Lipinski definition) is 4. The highest BCUT2D eigenvalue weighted by Crippen LogP contribution is 2.34. The van der Waals surface area contributed by atoms with Crippen LogP contribution >= 0.6 is 0 Å². The molecule has 0 unspecified atom stereocenters. The second-order valence-electron chi connectivity index (χ2n) is 6.96. The molecule has 0 saturated heterocycles. The van der Waals surface area contributed by atoms with Crippen molar-refractivity contribution < 1.29 is 0 Å². The van der Waals surface area contributed by atoms with Gasteiger partial charge in [0.1, 0.15) is 5.82 Å². The molecule has 1 aliphatic carbocycles. The van der Waals surface area contributed by atoms with Gasteiger partial charge in [0.15, 0.2) is 0 Å². The first-order chi connectivity index (χ1) is 13.7. The maximum absolute atomic E-state index is 4.31. The van der Waals surface area contributed by atoms with Gasteiger partial charge in [0.25, 0.3) is 0 Å². The topological polar surface area (TPSA) is 60.6 Å². The van der Waals surface area contributed by atoms with Gasteiger partial charge in [-0.1, -0.05) is 24.8 Å². The van der Waals surface area contributed by atoms with E-state index in [0.717, 1.165) is 28.0 Å². The highest BCUT2D eigenvalue weighted by atomic mass is 15.3. The highest BCUT2D eigenvalue weighted by molar-refractivity contribution is 5.87. The average molecular weight is 372 g/mol. The van der Waals surface area contributed by atoms with Crippen molar-refractivity contribution in [1.29, 1.82) is 0 Å². The first kappa shape index (κ1) is 18.0. The number of aromatic nitrogens is 5. The Morgan fingerprint density at radius 2 is 2.00 bits per heavy atom. The van der Waals surface area contributed by atoms with Crippen molar-refractivity contribution in [3.63, 3.8) is 0 Å². The molecule has 0 aliphatic heterocycles.